The summed E-state index contributed by atoms with van der Waals surface area (Å²) in [4.78, 5) is 16.0. The van der Waals surface area contributed by atoms with Crippen LogP contribution in [0.25, 0.3) is 0 Å². The van der Waals surface area contributed by atoms with E-state index in [-0.39, 0.29) is 5.91 Å². The van der Waals surface area contributed by atoms with Gasteiger partial charge in [-0.1, -0.05) is 6.07 Å². The van der Waals surface area contributed by atoms with Crippen molar-refractivity contribution in [2.45, 2.75) is 13.8 Å². The highest BCUT2D eigenvalue weighted by Gasteiger charge is 2.11. The Labute approximate surface area is 106 Å². The molecular weight excluding hydrogens is 226 g/mol. The van der Waals surface area contributed by atoms with Gasteiger partial charge in [-0.3, -0.25) is 9.78 Å². The van der Waals surface area contributed by atoms with Crippen molar-refractivity contribution in [3.05, 3.63) is 53.3 Å². The summed E-state index contributed by atoms with van der Waals surface area (Å²) >= 11 is 0. The summed E-state index contributed by atoms with van der Waals surface area (Å²) < 4.78 is 0. The van der Waals surface area contributed by atoms with Gasteiger partial charge in [0.05, 0.1) is 0 Å². The minimum atomic E-state index is -0.162. The van der Waals surface area contributed by atoms with Crippen molar-refractivity contribution in [2.75, 3.05) is 11.1 Å². The third kappa shape index (κ3) is 2.48. The molecule has 4 heteroatoms. The Balaban J connectivity index is 2.27. The van der Waals surface area contributed by atoms with Crippen LogP contribution in [0.3, 0.4) is 0 Å². The molecule has 92 valence electrons. The van der Waals surface area contributed by atoms with E-state index in [1.54, 1.807) is 30.6 Å². The SMILES string of the molecule is Cc1cc(C)c(C(=O)Nc2ccncc2)cc1N. The number of hydrogen-bond acceptors (Lipinski definition) is 3. The summed E-state index contributed by atoms with van der Waals surface area (Å²) in [7, 11) is 0. The van der Waals surface area contributed by atoms with Crippen molar-refractivity contribution in [3.8, 4) is 0 Å². The highest BCUT2D eigenvalue weighted by molar-refractivity contribution is 6.05. The standard InChI is InChI=1S/C14H15N3O/c1-9-7-10(2)13(15)8-12(9)14(18)17-11-3-5-16-6-4-11/h3-8H,15H2,1-2H3,(H,16,17,18). The lowest BCUT2D eigenvalue weighted by atomic mass is 10.0. The Bertz CT molecular complexity index is 579. The van der Waals surface area contributed by atoms with Gasteiger partial charge in [0, 0.05) is 29.3 Å². The Morgan fingerprint density at radius 2 is 1.83 bits per heavy atom. The Morgan fingerprint density at radius 3 is 2.50 bits per heavy atom. The highest BCUT2D eigenvalue weighted by atomic mass is 16.1. The van der Waals surface area contributed by atoms with Gasteiger partial charge in [-0.05, 0) is 43.2 Å². The smallest absolute Gasteiger partial charge is 0.256 e. The van der Waals surface area contributed by atoms with Crippen LogP contribution in [0.2, 0.25) is 0 Å². The number of nitrogens with one attached hydrogen (secondary N) is 1. The normalized spacial score (nSPS) is 10.1. The van der Waals surface area contributed by atoms with Gasteiger partial charge in [0.25, 0.3) is 5.91 Å². The average molecular weight is 241 g/mol. The summed E-state index contributed by atoms with van der Waals surface area (Å²) in [5, 5.41) is 2.81. The molecule has 1 aromatic carbocycles. The molecule has 0 unspecified atom stereocenters. The van der Waals surface area contributed by atoms with Gasteiger partial charge < -0.3 is 11.1 Å². The number of pyridine rings is 1. The van der Waals surface area contributed by atoms with Crippen molar-refractivity contribution in [3.63, 3.8) is 0 Å². The molecule has 18 heavy (non-hydrogen) atoms. The Morgan fingerprint density at radius 1 is 1.17 bits per heavy atom. The number of nitrogens with zero attached hydrogens (tertiary/aromatic N) is 1. The third-order valence-electron chi connectivity index (χ3n) is 2.80. The van der Waals surface area contributed by atoms with Crippen molar-refractivity contribution in [2.24, 2.45) is 0 Å². The van der Waals surface area contributed by atoms with E-state index in [1.807, 2.05) is 19.9 Å². The lowest BCUT2D eigenvalue weighted by Crippen LogP contribution is -2.14. The van der Waals surface area contributed by atoms with E-state index >= 15 is 0 Å². The fourth-order valence-electron chi connectivity index (χ4n) is 1.75. The van der Waals surface area contributed by atoms with Crippen molar-refractivity contribution < 1.29 is 4.79 Å². The summed E-state index contributed by atoms with van der Waals surface area (Å²) in [5.74, 6) is -0.162. The zero-order chi connectivity index (χ0) is 13.1. The zero-order valence-electron chi connectivity index (χ0n) is 10.4. The molecule has 0 aliphatic heterocycles. The molecule has 0 spiro atoms. The second-order valence-corrected chi connectivity index (χ2v) is 4.21. The number of nitrogen functional groups attached to an aromatic ring is 1. The van der Waals surface area contributed by atoms with Gasteiger partial charge in [0.15, 0.2) is 0 Å². The van der Waals surface area contributed by atoms with E-state index < -0.39 is 0 Å². The highest BCUT2D eigenvalue weighted by Crippen LogP contribution is 2.19. The lowest BCUT2D eigenvalue weighted by Gasteiger charge is -2.10. The molecule has 0 fully saturated rings. The first-order valence-corrected chi connectivity index (χ1v) is 5.66. The largest absolute Gasteiger partial charge is 0.398 e. The number of anilines is 2. The molecule has 1 heterocycles. The van der Waals surface area contributed by atoms with Crippen molar-refractivity contribution >= 4 is 17.3 Å². The molecule has 4 nitrogen and oxygen atoms in total. The van der Waals surface area contributed by atoms with E-state index in [0.717, 1.165) is 11.1 Å². The predicted molar refractivity (Wildman–Crippen MR) is 72.5 cm³/mol. The quantitative estimate of drug-likeness (QED) is 0.794. The van der Waals surface area contributed by atoms with Crippen LogP contribution >= 0.6 is 0 Å². The number of carbonyl (C=O) groups is 1. The van der Waals surface area contributed by atoms with E-state index in [0.29, 0.717) is 16.9 Å². The van der Waals surface area contributed by atoms with Crippen LogP contribution in [0.4, 0.5) is 11.4 Å². The molecule has 1 amide bonds. The van der Waals surface area contributed by atoms with E-state index in [1.165, 1.54) is 0 Å². The maximum absolute atomic E-state index is 12.1. The molecule has 0 bridgehead atoms. The van der Waals surface area contributed by atoms with Gasteiger partial charge >= 0.3 is 0 Å². The van der Waals surface area contributed by atoms with Crippen LogP contribution in [-0.4, -0.2) is 10.9 Å². The number of nitrogens with two attached hydrogens (primary N) is 1. The fourth-order valence-corrected chi connectivity index (χ4v) is 1.75. The Hall–Kier alpha value is -2.36. The van der Waals surface area contributed by atoms with Gasteiger partial charge in [0.1, 0.15) is 0 Å². The van der Waals surface area contributed by atoms with Crippen LogP contribution in [0.5, 0.6) is 0 Å². The number of aryl methyl sites for hydroxylation is 2. The molecule has 2 rings (SSSR count). The van der Waals surface area contributed by atoms with Crippen molar-refractivity contribution in [1.82, 2.24) is 4.98 Å². The van der Waals surface area contributed by atoms with Gasteiger partial charge in [-0.25, -0.2) is 0 Å². The minimum absolute atomic E-state index is 0.162. The van der Waals surface area contributed by atoms with Crippen LogP contribution < -0.4 is 11.1 Å². The van der Waals surface area contributed by atoms with Crippen LogP contribution in [0, 0.1) is 13.8 Å². The van der Waals surface area contributed by atoms with Crippen molar-refractivity contribution in [1.29, 1.82) is 0 Å². The number of amides is 1. The molecule has 2 aromatic rings. The van der Waals surface area contributed by atoms with Crippen LogP contribution in [-0.2, 0) is 0 Å². The first kappa shape index (κ1) is 12.1. The number of hydrogen-bond donors (Lipinski definition) is 2. The predicted octanol–water partition coefficient (Wildman–Crippen LogP) is 2.53. The van der Waals surface area contributed by atoms with Crippen LogP contribution in [0.15, 0.2) is 36.7 Å². The Kier molecular flexibility index (Phi) is 3.28. The second-order valence-electron chi connectivity index (χ2n) is 4.21. The average Bonchev–Trinajstić information content (AvgIpc) is 2.35. The topological polar surface area (TPSA) is 68.0 Å². The van der Waals surface area contributed by atoms with E-state index in [4.69, 9.17) is 5.73 Å². The number of rotatable bonds is 2. The fraction of sp³-hybridized carbons (Fsp3) is 0.143. The maximum Gasteiger partial charge on any atom is 0.256 e. The monoisotopic (exact) mass is 241 g/mol. The number of carbonyl (C=O) groups excluding carboxylic acids is 1. The zero-order valence-corrected chi connectivity index (χ0v) is 10.4. The first-order chi connectivity index (χ1) is 8.58. The molecule has 0 saturated carbocycles. The second kappa shape index (κ2) is 4.87. The molecule has 0 aliphatic rings. The van der Waals surface area contributed by atoms with E-state index in [9.17, 15) is 4.79 Å². The number of aromatic nitrogens is 1. The molecular formula is C14H15N3O. The van der Waals surface area contributed by atoms with Gasteiger partial charge in [-0.15, -0.1) is 0 Å². The molecule has 0 atom stereocenters. The summed E-state index contributed by atoms with van der Waals surface area (Å²) in [6, 6.07) is 7.10. The third-order valence-corrected chi connectivity index (χ3v) is 2.80. The summed E-state index contributed by atoms with van der Waals surface area (Å²) in [5.41, 5.74) is 9.65. The van der Waals surface area contributed by atoms with Crippen LogP contribution in [0.1, 0.15) is 21.5 Å². The van der Waals surface area contributed by atoms with Gasteiger partial charge in [0.2, 0.25) is 0 Å². The van der Waals surface area contributed by atoms with Gasteiger partial charge in [-0.2, -0.15) is 0 Å². The summed E-state index contributed by atoms with van der Waals surface area (Å²) in [6.07, 6.45) is 3.26. The molecule has 3 N–H and O–H groups in total. The molecule has 0 saturated heterocycles. The molecule has 0 radical (unpaired) electrons. The summed E-state index contributed by atoms with van der Waals surface area (Å²) in [6.45, 7) is 3.82. The number of benzene rings is 1. The molecule has 1 aromatic heterocycles. The molecule has 0 aliphatic carbocycles. The minimum Gasteiger partial charge on any atom is -0.398 e. The maximum atomic E-state index is 12.1. The first-order valence-electron chi connectivity index (χ1n) is 5.66. The lowest BCUT2D eigenvalue weighted by molar-refractivity contribution is 0.102. The van der Waals surface area contributed by atoms with E-state index in [2.05, 4.69) is 10.3 Å².